The van der Waals surface area contributed by atoms with Gasteiger partial charge in [-0.25, -0.2) is 0 Å². The number of likely N-dealkylation sites (N-methyl/N-ethyl adjacent to an activating group) is 1. The summed E-state index contributed by atoms with van der Waals surface area (Å²) in [6, 6.07) is 10.9. The van der Waals surface area contributed by atoms with Crippen LogP contribution < -0.4 is 5.32 Å². The van der Waals surface area contributed by atoms with Crippen LogP contribution in [0.25, 0.3) is 17.2 Å². The van der Waals surface area contributed by atoms with Crippen LogP contribution in [0.15, 0.2) is 41.5 Å². The molecule has 0 radical (unpaired) electrons. The third-order valence-electron chi connectivity index (χ3n) is 4.67. The molecule has 130 valence electrons. The molecular weight excluding hydrogens is 330 g/mol. The first-order valence-corrected chi connectivity index (χ1v) is 8.85. The number of aryl methyl sites for hydroxylation is 2. The normalized spacial score (nSPS) is 15.4. The lowest BCUT2D eigenvalue weighted by atomic mass is 9.94. The standard InChI is InChI=1S/C21H24ClN3/c1-14-6-5-7-19(22)21(14)16-10-15(2)18(8-9-23-3)20(11-16)24-17-12-25(4)13-17/h5-11,17,24H,3,12-13H2,1-2,4H3/b9-8-. The van der Waals surface area contributed by atoms with Gasteiger partial charge in [-0.2, -0.15) is 0 Å². The number of nitrogens with zero attached hydrogens (tertiary/aromatic N) is 2. The SMILES string of the molecule is C=N/C=C\c1c(C)cc(-c2c(C)cccc2Cl)cc1NC1CN(C)C1. The van der Waals surface area contributed by atoms with Crippen LogP contribution in [-0.4, -0.2) is 37.8 Å². The molecule has 0 saturated carbocycles. The van der Waals surface area contributed by atoms with Gasteiger partial charge in [0.15, 0.2) is 0 Å². The number of nitrogens with one attached hydrogen (secondary N) is 1. The lowest BCUT2D eigenvalue weighted by Crippen LogP contribution is -2.52. The fourth-order valence-corrected chi connectivity index (χ4v) is 3.75. The predicted molar refractivity (Wildman–Crippen MR) is 110 cm³/mol. The van der Waals surface area contributed by atoms with Crippen LogP contribution >= 0.6 is 11.6 Å². The maximum atomic E-state index is 6.49. The molecule has 1 aliphatic heterocycles. The number of anilines is 1. The predicted octanol–water partition coefficient (Wildman–Crippen LogP) is 5.02. The summed E-state index contributed by atoms with van der Waals surface area (Å²) in [4.78, 5) is 6.16. The monoisotopic (exact) mass is 353 g/mol. The highest BCUT2D eigenvalue weighted by Crippen LogP contribution is 2.36. The lowest BCUT2D eigenvalue weighted by Gasteiger charge is -2.37. The summed E-state index contributed by atoms with van der Waals surface area (Å²) in [5.74, 6) is 0. The minimum absolute atomic E-state index is 0.468. The van der Waals surface area contributed by atoms with Crippen LogP contribution in [0.2, 0.25) is 5.02 Å². The zero-order chi connectivity index (χ0) is 18.0. The van der Waals surface area contributed by atoms with Gasteiger partial charge < -0.3 is 10.2 Å². The minimum Gasteiger partial charge on any atom is -0.379 e. The summed E-state index contributed by atoms with van der Waals surface area (Å²) < 4.78 is 0. The van der Waals surface area contributed by atoms with E-state index in [4.69, 9.17) is 11.6 Å². The molecule has 25 heavy (non-hydrogen) atoms. The van der Waals surface area contributed by atoms with Gasteiger partial charge in [0.05, 0.1) is 6.04 Å². The van der Waals surface area contributed by atoms with Gasteiger partial charge in [-0.05, 0) is 62.5 Å². The topological polar surface area (TPSA) is 27.6 Å². The van der Waals surface area contributed by atoms with E-state index in [2.05, 4.69) is 61.0 Å². The Morgan fingerprint density at radius 1 is 1.24 bits per heavy atom. The Labute approximate surface area is 155 Å². The molecule has 3 nitrogen and oxygen atoms in total. The van der Waals surface area contributed by atoms with E-state index in [1.807, 2.05) is 18.2 Å². The number of aliphatic imine (C=N–C) groups is 1. The molecule has 0 bridgehead atoms. The van der Waals surface area contributed by atoms with Crippen LogP contribution in [0.1, 0.15) is 16.7 Å². The molecule has 0 aromatic heterocycles. The Bertz CT molecular complexity index is 800. The van der Waals surface area contributed by atoms with E-state index in [0.29, 0.717) is 6.04 Å². The molecule has 2 aromatic rings. The molecule has 2 aromatic carbocycles. The average molecular weight is 354 g/mol. The summed E-state index contributed by atoms with van der Waals surface area (Å²) in [7, 11) is 2.13. The minimum atomic E-state index is 0.468. The molecule has 0 unspecified atom stereocenters. The number of benzene rings is 2. The van der Waals surface area contributed by atoms with Crippen molar-refractivity contribution < 1.29 is 0 Å². The van der Waals surface area contributed by atoms with E-state index in [1.54, 1.807) is 6.20 Å². The lowest BCUT2D eigenvalue weighted by molar-refractivity contribution is 0.205. The molecule has 1 heterocycles. The molecule has 1 aliphatic rings. The first-order valence-electron chi connectivity index (χ1n) is 8.47. The molecule has 3 rings (SSSR count). The number of halogens is 1. The van der Waals surface area contributed by atoms with Gasteiger partial charge in [-0.1, -0.05) is 29.8 Å². The van der Waals surface area contributed by atoms with Crippen molar-refractivity contribution in [3.05, 3.63) is 58.2 Å². The van der Waals surface area contributed by atoms with Gasteiger partial charge in [-0.15, -0.1) is 0 Å². The fraction of sp³-hybridized carbons (Fsp3) is 0.286. The van der Waals surface area contributed by atoms with Crippen molar-refractivity contribution in [2.24, 2.45) is 4.99 Å². The van der Waals surface area contributed by atoms with Gasteiger partial charge in [0, 0.05) is 41.1 Å². The summed E-state index contributed by atoms with van der Waals surface area (Å²) >= 11 is 6.49. The highest BCUT2D eigenvalue weighted by atomic mass is 35.5. The quantitative estimate of drug-likeness (QED) is 0.764. The number of likely N-dealkylation sites (tertiary alicyclic amines) is 1. The zero-order valence-corrected chi connectivity index (χ0v) is 15.8. The second-order valence-electron chi connectivity index (χ2n) is 6.75. The van der Waals surface area contributed by atoms with Gasteiger partial charge >= 0.3 is 0 Å². The first-order chi connectivity index (χ1) is 12.0. The maximum Gasteiger partial charge on any atom is 0.0515 e. The van der Waals surface area contributed by atoms with E-state index < -0.39 is 0 Å². The van der Waals surface area contributed by atoms with Crippen molar-refractivity contribution in [1.29, 1.82) is 0 Å². The van der Waals surface area contributed by atoms with Crippen molar-refractivity contribution in [3.8, 4) is 11.1 Å². The van der Waals surface area contributed by atoms with Crippen molar-refractivity contribution in [2.75, 3.05) is 25.5 Å². The first kappa shape index (κ1) is 17.7. The molecule has 0 spiro atoms. The summed E-state index contributed by atoms with van der Waals surface area (Å²) in [5, 5.41) is 4.46. The van der Waals surface area contributed by atoms with E-state index >= 15 is 0 Å². The van der Waals surface area contributed by atoms with Crippen LogP contribution in [0.3, 0.4) is 0 Å². The van der Waals surface area contributed by atoms with E-state index in [0.717, 1.165) is 40.5 Å². The van der Waals surface area contributed by atoms with Crippen molar-refractivity contribution in [1.82, 2.24) is 4.90 Å². The van der Waals surface area contributed by atoms with E-state index in [-0.39, 0.29) is 0 Å². The number of hydrogen-bond acceptors (Lipinski definition) is 3. The Morgan fingerprint density at radius 3 is 2.64 bits per heavy atom. The highest BCUT2D eigenvalue weighted by Gasteiger charge is 2.24. The second-order valence-corrected chi connectivity index (χ2v) is 7.15. The third-order valence-corrected chi connectivity index (χ3v) is 4.98. The summed E-state index contributed by atoms with van der Waals surface area (Å²) in [6.45, 7) is 9.86. The van der Waals surface area contributed by atoms with Gasteiger partial charge in [0.1, 0.15) is 0 Å². The van der Waals surface area contributed by atoms with Crippen molar-refractivity contribution in [3.63, 3.8) is 0 Å². The molecular formula is C21H24ClN3. The van der Waals surface area contributed by atoms with Gasteiger partial charge in [0.25, 0.3) is 0 Å². The third kappa shape index (κ3) is 3.78. The van der Waals surface area contributed by atoms with Crippen molar-refractivity contribution >= 4 is 30.1 Å². The molecule has 1 fully saturated rings. The largest absolute Gasteiger partial charge is 0.379 e. The Morgan fingerprint density at radius 2 is 2.00 bits per heavy atom. The van der Waals surface area contributed by atoms with Crippen LogP contribution in [0.5, 0.6) is 0 Å². The zero-order valence-electron chi connectivity index (χ0n) is 15.0. The van der Waals surface area contributed by atoms with Crippen LogP contribution in [0, 0.1) is 13.8 Å². The Hall–Kier alpha value is -2.10. The Kier molecular flexibility index (Phi) is 5.26. The van der Waals surface area contributed by atoms with E-state index in [9.17, 15) is 0 Å². The maximum absolute atomic E-state index is 6.49. The summed E-state index contributed by atoms with van der Waals surface area (Å²) in [6.07, 6.45) is 3.75. The molecule has 0 aliphatic carbocycles. The molecule has 4 heteroatoms. The second kappa shape index (κ2) is 7.42. The Balaban J connectivity index is 2.07. The van der Waals surface area contributed by atoms with Crippen molar-refractivity contribution in [2.45, 2.75) is 19.9 Å². The molecule has 1 saturated heterocycles. The fourth-order valence-electron chi connectivity index (χ4n) is 3.42. The van der Waals surface area contributed by atoms with Crippen LogP contribution in [-0.2, 0) is 0 Å². The highest BCUT2D eigenvalue weighted by molar-refractivity contribution is 6.33. The molecule has 0 atom stereocenters. The smallest absolute Gasteiger partial charge is 0.0515 e. The van der Waals surface area contributed by atoms with Crippen LogP contribution in [0.4, 0.5) is 5.69 Å². The number of hydrogen-bond donors (Lipinski definition) is 1. The van der Waals surface area contributed by atoms with E-state index in [1.165, 1.54) is 11.1 Å². The van der Waals surface area contributed by atoms with Gasteiger partial charge in [-0.3, -0.25) is 4.99 Å². The van der Waals surface area contributed by atoms with Gasteiger partial charge in [0.2, 0.25) is 0 Å². The number of rotatable bonds is 5. The molecule has 1 N–H and O–H groups in total. The summed E-state index contributed by atoms with van der Waals surface area (Å²) in [5.41, 5.74) is 6.87. The molecule has 0 amide bonds. The average Bonchev–Trinajstić information content (AvgIpc) is 2.52.